The van der Waals surface area contributed by atoms with Gasteiger partial charge in [0, 0.05) is 31.1 Å². The van der Waals surface area contributed by atoms with Crippen molar-refractivity contribution in [3.8, 4) is 0 Å². The number of rotatable bonds is 2. The molecule has 0 unspecified atom stereocenters. The SMILES string of the molecule is O=C1CC=C(C2(C3=CCC(=O)CC3)CCCCC2)CC1. The molecule has 0 N–H and O–H groups in total. The first-order chi connectivity index (χ1) is 9.71. The second-order valence-electron chi connectivity index (χ2n) is 6.59. The third-order valence-corrected chi connectivity index (χ3v) is 5.44. The van der Waals surface area contributed by atoms with Crippen molar-refractivity contribution in [1.82, 2.24) is 0 Å². The van der Waals surface area contributed by atoms with Crippen LogP contribution in [0.3, 0.4) is 0 Å². The minimum Gasteiger partial charge on any atom is -0.299 e. The molecule has 3 rings (SSSR count). The van der Waals surface area contributed by atoms with Crippen LogP contribution in [0.2, 0.25) is 0 Å². The molecule has 0 aromatic rings. The highest BCUT2D eigenvalue weighted by Crippen LogP contribution is 2.52. The van der Waals surface area contributed by atoms with E-state index in [9.17, 15) is 9.59 Å². The van der Waals surface area contributed by atoms with Gasteiger partial charge in [-0.05, 0) is 25.7 Å². The van der Waals surface area contributed by atoms with E-state index in [2.05, 4.69) is 12.2 Å². The normalized spacial score (nSPS) is 27.0. The van der Waals surface area contributed by atoms with Crippen LogP contribution < -0.4 is 0 Å². The number of allylic oxidation sites excluding steroid dienone is 4. The summed E-state index contributed by atoms with van der Waals surface area (Å²) in [5.74, 6) is 0.764. The zero-order valence-corrected chi connectivity index (χ0v) is 12.2. The van der Waals surface area contributed by atoms with E-state index < -0.39 is 0 Å². The Hall–Kier alpha value is -1.18. The van der Waals surface area contributed by atoms with Gasteiger partial charge in [0.2, 0.25) is 0 Å². The molecule has 3 aliphatic carbocycles. The highest BCUT2D eigenvalue weighted by molar-refractivity contribution is 5.82. The molecule has 0 radical (unpaired) electrons. The second kappa shape index (κ2) is 5.67. The van der Waals surface area contributed by atoms with Crippen LogP contribution in [0.15, 0.2) is 23.3 Å². The third kappa shape index (κ3) is 2.53. The van der Waals surface area contributed by atoms with Gasteiger partial charge >= 0.3 is 0 Å². The van der Waals surface area contributed by atoms with Crippen molar-refractivity contribution >= 4 is 11.6 Å². The molecule has 0 aromatic carbocycles. The summed E-state index contributed by atoms with van der Waals surface area (Å²) in [6, 6.07) is 0. The maximum Gasteiger partial charge on any atom is 0.136 e. The Labute approximate surface area is 121 Å². The Morgan fingerprint density at radius 1 is 0.700 bits per heavy atom. The molecule has 20 heavy (non-hydrogen) atoms. The number of ketones is 2. The van der Waals surface area contributed by atoms with Crippen LogP contribution in [0.25, 0.3) is 0 Å². The average Bonchev–Trinajstić information content (AvgIpc) is 2.49. The topological polar surface area (TPSA) is 34.1 Å². The van der Waals surface area contributed by atoms with Gasteiger partial charge in [-0.15, -0.1) is 0 Å². The van der Waals surface area contributed by atoms with Gasteiger partial charge in [-0.2, -0.15) is 0 Å². The summed E-state index contributed by atoms with van der Waals surface area (Å²) < 4.78 is 0. The molecule has 0 spiro atoms. The summed E-state index contributed by atoms with van der Waals surface area (Å²) in [6.07, 6.45) is 15.4. The molecule has 0 aromatic heterocycles. The van der Waals surface area contributed by atoms with Gasteiger partial charge in [0.15, 0.2) is 0 Å². The molecule has 0 atom stereocenters. The quantitative estimate of drug-likeness (QED) is 0.702. The molecule has 3 aliphatic rings. The van der Waals surface area contributed by atoms with Crippen LogP contribution in [0.4, 0.5) is 0 Å². The summed E-state index contributed by atoms with van der Waals surface area (Å²) >= 11 is 0. The van der Waals surface area contributed by atoms with Gasteiger partial charge in [-0.3, -0.25) is 9.59 Å². The molecular weight excluding hydrogens is 248 g/mol. The monoisotopic (exact) mass is 272 g/mol. The van der Waals surface area contributed by atoms with Crippen molar-refractivity contribution in [2.75, 3.05) is 0 Å². The summed E-state index contributed by atoms with van der Waals surface area (Å²) in [6.45, 7) is 0. The molecule has 1 saturated carbocycles. The molecule has 108 valence electrons. The van der Waals surface area contributed by atoms with E-state index in [1.54, 1.807) is 0 Å². The minimum atomic E-state index is 0.208. The van der Waals surface area contributed by atoms with Crippen molar-refractivity contribution in [2.45, 2.75) is 70.6 Å². The minimum absolute atomic E-state index is 0.208. The van der Waals surface area contributed by atoms with Crippen LogP contribution in [-0.2, 0) is 9.59 Å². The van der Waals surface area contributed by atoms with Gasteiger partial charge in [0.1, 0.15) is 11.6 Å². The first kappa shape index (κ1) is 13.8. The Bertz CT molecular complexity index is 438. The molecule has 2 heteroatoms. The highest BCUT2D eigenvalue weighted by atomic mass is 16.1. The van der Waals surface area contributed by atoms with Crippen molar-refractivity contribution in [3.05, 3.63) is 23.3 Å². The lowest BCUT2D eigenvalue weighted by atomic mass is 9.60. The largest absolute Gasteiger partial charge is 0.299 e. The number of carbonyl (C=O) groups excluding carboxylic acids is 2. The molecule has 0 amide bonds. The number of hydrogen-bond donors (Lipinski definition) is 0. The predicted octanol–water partition coefficient (Wildman–Crippen LogP) is 4.30. The molecule has 1 fully saturated rings. The van der Waals surface area contributed by atoms with Crippen molar-refractivity contribution in [1.29, 1.82) is 0 Å². The van der Waals surface area contributed by atoms with Crippen LogP contribution in [0.1, 0.15) is 70.6 Å². The van der Waals surface area contributed by atoms with E-state index in [4.69, 9.17) is 0 Å². The first-order valence-corrected chi connectivity index (χ1v) is 8.13. The maximum atomic E-state index is 11.5. The van der Waals surface area contributed by atoms with Crippen LogP contribution in [-0.4, -0.2) is 11.6 Å². The van der Waals surface area contributed by atoms with Crippen LogP contribution >= 0.6 is 0 Å². The maximum absolute atomic E-state index is 11.5. The van der Waals surface area contributed by atoms with Crippen molar-refractivity contribution in [2.24, 2.45) is 5.41 Å². The zero-order valence-electron chi connectivity index (χ0n) is 12.2. The fourth-order valence-electron chi connectivity index (χ4n) is 4.30. The molecule has 0 heterocycles. The fraction of sp³-hybridized carbons (Fsp3) is 0.667. The summed E-state index contributed by atoms with van der Waals surface area (Å²) in [4.78, 5) is 23.0. The van der Waals surface area contributed by atoms with E-state index >= 15 is 0 Å². The van der Waals surface area contributed by atoms with Gasteiger partial charge < -0.3 is 0 Å². The van der Waals surface area contributed by atoms with E-state index in [1.807, 2.05) is 0 Å². The number of carbonyl (C=O) groups is 2. The Balaban J connectivity index is 1.92. The molecule has 2 nitrogen and oxygen atoms in total. The lowest BCUT2D eigenvalue weighted by molar-refractivity contribution is -0.119. The lowest BCUT2D eigenvalue weighted by Crippen LogP contribution is -2.32. The van der Waals surface area contributed by atoms with Crippen LogP contribution in [0, 0.1) is 5.41 Å². The van der Waals surface area contributed by atoms with E-state index in [0.717, 1.165) is 25.7 Å². The molecule has 0 bridgehead atoms. The summed E-state index contributed by atoms with van der Waals surface area (Å²) in [7, 11) is 0. The van der Waals surface area contributed by atoms with Crippen molar-refractivity contribution < 1.29 is 9.59 Å². The molecular formula is C18H24O2. The summed E-state index contributed by atoms with van der Waals surface area (Å²) in [5, 5.41) is 0. The van der Waals surface area contributed by atoms with Gasteiger partial charge in [-0.1, -0.05) is 42.6 Å². The van der Waals surface area contributed by atoms with Crippen molar-refractivity contribution in [3.63, 3.8) is 0 Å². The molecule has 0 saturated heterocycles. The average molecular weight is 272 g/mol. The second-order valence-corrected chi connectivity index (χ2v) is 6.59. The number of Topliss-reactive ketones (excluding diaryl/α,β-unsaturated/α-hetero) is 2. The Kier molecular flexibility index (Phi) is 3.91. The first-order valence-electron chi connectivity index (χ1n) is 8.13. The third-order valence-electron chi connectivity index (χ3n) is 5.44. The number of hydrogen-bond acceptors (Lipinski definition) is 2. The lowest BCUT2D eigenvalue weighted by Gasteiger charge is -2.44. The Morgan fingerprint density at radius 2 is 1.20 bits per heavy atom. The molecule has 0 aliphatic heterocycles. The smallest absolute Gasteiger partial charge is 0.136 e. The highest BCUT2D eigenvalue weighted by Gasteiger charge is 2.40. The van der Waals surface area contributed by atoms with E-state index in [1.165, 1.54) is 43.3 Å². The standard InChI is InChI=1S/C18H24O2/c19-16-8-4-14(5-9-16)18(12-2-1-3-13-18)15-6-10-17(20)11-7-15/h4,6H,1-3,5,7-13H2. The van der Waals surface area contributed by atoms with Gasteiger partial charge in [-0.25, -0.2) is 0 Å². The summed E-state index contributed by atoms with van der Waals surface area (Å²) in [5.41, 5.74) is 3.23. The van der Waals surface area contributed by atoms with E-state index in [0.29, 0.717) is 24.4 Å². The Morgan fingerprint density at radius 3 is 1.60 bits per heavy atom. The predicted molar refractivity (Wildman–Crippen MR) is 79.4 cm³/mol. The van der Waals surface area contributed by atoms with Crippen LogP contribution in [0.5, 0.6) is 0 Å². The van der Waals surface area contributed by atoms with Gasteiger partial charge in [0.25, 0.3) is 0 Å². The van der Waals surface area contributed by atoms with Gasteiger partial charge in [0.05, 0.1) is 0 Å². The fourth-order valence-corrected chi connectivity index (χ4v) is 4.30. The van der Waals surface area contributed by atoms with E-state index in [-0.39, 0.29) is 5.41 Å². The zero-order chi connectivity index (χ0) is 14.0.